The lowest BCUT2D eigenvalue weighted by molar-refractivity contribution is -0.137. The van der Waals surface area contributed by atoms with Gasteiger partial charge < -0.3 is 21.2 Å². The molecule has 28 heavy (non-hydrogen) atoms. The maximum Gasteiger partial charge on any atom is 0.305 e. The summed E-state index contributed by atoms with van der Waals surface area (Å²) in [4.78, 5) is 40.4. The number of nitrogens with zero attached hydrogens (tertiary/aromatic N) is 1. The molecular formula is C18H21N5O4S. The van der Waals surface area contributed by atoms with E-state index in [0.29, 0.717) is 11.3 Å². The number of aliphatic carboxylic acids is 1. The van der Waals surface area contributed by atoms with Gasteiger partial charge in [0.15, 0.2) is 0 Å². The first kappa shape index (κ1) is 21.1. The van der Waals surface area contributed by atoms with E-state index in [9.17, 15) is 14.4 Å². The van der Waals surface area contributed by atoms with Crippen LogP contribution in [0, 0.1) is 6.92 Å². The van der Waals surface area contributed by atoms with E-state index in [1.807, 2.05) is 18.4 Å². The van der Waals surface area contributed by atoms with Gasteiger partial charge >= 0.3 is 5.97 Å². The Bertz CT molecular complexity index is 880. The lowest BCUT2D eigenvalue weighted by Gasteiger charge is -2.17. The van der Waals surface area contributed by atoms with Crippen molar-refractivity contribution in [1.82, 2.24) is 16.1 Å². The number of thiophene rings is 1. The Labute approximate surface area is 165 Å². The van der Waals surface area contributed by atoms with Gasteiger partial charge in [0, 0.05) is 10.4 Å². The largest absolute Gasteiger partial charge is 0.481 e. The Balaban J connectivity index is 1.96. The Morgan fingerprint density at radius 3 is 2.75 bits per heavy atom. The predicted octanol–water partition coefficient (Wildman–Crippen LogP) is 1.24. The summed E-state index contributed by atoms with van der Waals surface area (Å²) in [5, 5.41) is 16.1. The first-order valence-corrected chi connectivity index (χ1v) is 9.20. The molecule has 2 rings (SSSR count). The lowest BCUT2D eigenvalue weighted by Crippen LogP contribution is -2.39. The molecule has 0 aliphatic heterocycles. The van der Waals surface area contributed by atoms with Gasteiger partial charge in [-0.15, -0.1) is 11.3 Å². The van der Waals surface area contributed by atoms with Crippen LogP contribution in [0.2, 0.25) is 0 Å². The molecule has 0 bridgehead atoms. The van der Waals surface area contributed by atoms with E-state index < -0.39 is 23.8 Å². The minimum Gasteiger partial charge on any atom is -0.481 e. The molecule has 0 saturated carbocycles. The Morgan fingerprint density at radius 2 is 2.11 bits per heavy atom. The molecule has 0 saturated heterocycles. The smallest absolute Gasteiger partial charge is 0.305 e. The van der Waals surface area contributed by atoms with Crippen LogP contribution in [0.3, 0.4) is 0 Å². The standard InChI is InChI=1S/C18H21N5O4S/c1-11-5-6-28-17(11)14(8-16(25)26)23-15(24)9-20-18(27)12-3-2-4-13(7-12)21-10-22-19/h2-7,10,14H,8-9,19H2,1H3,(H,20,27)(H,21,22)(H,23,24)(H,25,26). The summed E-state index contributed by atoms with van der Waals surface area (Å²) < 4.78 is 0. The number of carboxylic acid groups (broad SMARTS) is 1. The van der Waals surface area contributed by atoms with Crippen LogP contribution >= 0.6 is 11.3 Å². The van der Waals surface area contributed by atoms with Crippen LogP contribution < -0.4 is 21.9 Å². The summed E-state index contributed by atoms with van der Waals surface area (Å²) in [5.41, 5.74) is 4.02. The molecule has 148 valence electrons. The van der Waals surface area contributed by atoms with E-state index in [2.05, 4.69) is 21.1 Å². The zero-order valence-electron chi connectivity index (χ0n) is 15.1. The van der Waals surface area contributed by atoms with Gasteiger partial charge in [-0.05, 0) is 42.1 Å². The molecule has 0 spiro atoms. The van der Waals surface area contributed by atoms with Gasteiger partial charge in [-0.1, -0.05) is 6.07 Å². The number of carbonyl (C=O) groups is 3. The number of carbonyl (C=O) groups excluding carboxylic acids is 2. The maximum absolute atomic E-state index is 12.2. The van der Waals surface area contributed by atoms with Gasteiger partial charge in [0.2, 0.25) is 5.91 Å². The lowest BCUT2D eigenvalue weighted by atomic mass is 10.1. The highest BCUT2D eigenvalue weighted by Crippen LogP contribution is 2.26. The van der Waals surface area contributed by atoms with E-state index in [0.717, 1.165) is 10.4 Å². The third kappa shape index (κ3) is 6.18. The van der Waals surface area contributed by atoms with E-state index in [-0.39, 0.29) is 13.0 Å². The number of hydrogen-bond donors (Lipinski definition) is 5. The average molecular weight is 403 g/mol. The van der Waals surface area contributed by atoms with Crippen LogP contribution in [0.5, 0.6) is 0 Å². The molecule has 0 radical (unpaired) electrons. The van der Waals surface area contributed by atoms with Crippen LogP contribution in [-0.4, -0.2) is 35.8 Å². The number of amides is 2. The first-order chi connectivity index (χ1) is 13.4. The molecule has 0 aliphatic rings. The second kappa shape index (κ2) is 10.2. The van der Waals surface area contributed by atoms with Crippen molar-refractivity contribution in [3.8, 4) is 0 Å². The summed E-state index contributed by atoms with van der Waals surface area (Å²) in [7, 11) is 0. The van der Waals surface area contributed by atoms with E-state index in [1.54, 1.807) is 24.3 Å². The number of hydrazine groups is 1. The summed E-state index contributed by atoms with van der Waals surface area (Å²) >= 11 is 1.38. The third-order valence-electron chi connectivity index (χ3n) is 3.74. The van der Waals surface area contributed by atoms with Gasteiger partial charge in [-0.2, -0.15) is 0 Å². The predicted molar refractivity (Wildman–Crippen MR) is 106 cm³/mol. The molecule has 1 heterocycles. The molecule has 1 atom stereocenters. The number of nitrogens with one attached hydrogen (secondary N) is 3. The van der Waals surface area contributed by atoms with Crippen molar-refractivity contribution in [3.63, 3.8) is 0 Å². The second-order valence-corrected chi connectivity index (χ2v) is 6.79. The fourth-order valence-electron chi connectivity index (χ4n) is 2.47. The molecule has 1 aromatic heterocycles. The van der Waals surface area contributed by atoms with Crippen molar-refractivity contribution in [2.24, 2.45) is 10.8 Å². The molecule has 1 aromatic carbocycles. The maximum atomic E-state index is 12.2. The number of benzene rings is 1. The fourth-order valence-corrected chi connectivity index (χ4v) is 3.45. The fraction of sp³-hybridized carbons (Fsp3) is 0.222. The monoisotopic (exact) mass is 403 g/mol. The number of carboxylic acids is 1. The quantitative estimate of drug-likeness (QED) is 0.184. The van der Waals surface area contributed by atoms with Crippen LogP contribution in [0.4, 0.5) is 5.69 Å². The van der Waals surface area contributed by atoms with E-state index in [4.69, 9.17) is 10.9 Å². The van der Waals surface area contributed by atoms with Crippen molar-refractivity contribution in [3.05, 3.63) is 51.7 Å². The summed E-state index contributed by atoms with van der Waals surface area (Å²) in [6, 6.07) is 7.69. The van der Waals surface area contributed by atoms with Gasteiger partial charge in [0.25, 0.3) is 5.91 Å². The van der Waals surface area contributed by atoms with Crippen LogP contribution in [0.25, 0.3) is 0 Å². The normalized spacial score (nSPS) is 11.8. The summed E-state index contributed by atoms with van der Waals surface area (Å²) in [6.07, 6.45) is 1.04. The number of rotatable bonds is 9. The van der Waals surface area contributed by atoms with Crippen LogP contribution in [0.1, 0.15) is 33.3 Å². The highest BCUT2D eigenvalue weighted by Gasteiger charge is 2.21. The van der Waals surface area contributed by atoms with Crippen molar-refractivity contribution >= 4 is 41.1 Å². The summed E-state index contributed by atoms with van der Waals surface area (Å²) in [5.74, 6) is 3.16. The number of aliphatic imine (C=N–C) groups is 1. The zero-order valence-corrected chi connectivity index (χ0v) is 16.0. The topological polar surface area (TPSA) is 146 Å². The van der Waals surface area contributed by atoms with Gasteiger partial charge in [0.05, 0.1) is 24.7 Å². The van der Waals surface area contributed by atoms with Crippen molar-refractivity contribution in [2.75, 3.05) is 6.54 Å². The molecule has 2 aromatic rings. The zero-order chi connectivity index (χ0) is 20.5. The molecule has 2 amide bonds. The molecule has 9 nitrogen and oxygen atoms in total. The molecular weight excluding hydrogens is 382 g/mol. The highest BCUT2D eigenvalue weighted by molar-refractivity contribution is 7.10. The number of hydrogen-bond acceptors (Lipinski definition) is 6. The Hall–Kier alpha value is -3.24. The Morgan fingerprint density at radius 1 is 1.32 bits per heavy atom. The van der Waals surface area contributed by atoms with Crippen LogP contribution in [-0.2, 0) is 9.59 Å². The molecule has 6 N–H and O–H groups in total. The molecule has 0 aliphatic carbocycles. The van der Waals surface area contributed by atoms with Gasteiger partial charge in [0.1, 0.15) is 6.34 Å². The average Bonchev–Trinajstić information content (AvgIpc) is 3.09. The van der Waals surface area contributed by atoms with Crippen molar-refractivity contribution in [2.45, 2.75) is 19.4 Å². The summed E-state index contributed by atoms with van der Waals surface area (Å²) in [6.45, 7) is 1.57. The number of nitrogens with two attached hydrogens (primary N) is 1. The van der Waals surface area contributed by atoms with Gasteiger partial charge in [-0.3, -0.25) is 14.4 Å². The van der Waals surface area contributed by atoms with E-state index in [1.165, 1.54) is 17.7 Å². The second-order valence-electron chi connectivity index (χ2n) is 5.84. The van der Waals surface area contributed by atoms with Crippen molar-refractivity contribution < 1.29 is 19.5 Å². The molecule has 0 fully saturated rings. The van der Waals surface area contributed by atoms with Gasteiger partial charge in [-0.25, -0.2) is 10.8 Å². The van der Waals surface area contributed by atoms with E-state index >= 15 is 0 Å². The molecule has 10 heteroatoms. The van der Waals surface area contributed by atoms with Crippen molar-refractivity contribution in [1.29, 1.82) is 0 Å². The first-order valence-electron chi connectivity index (χ1n) is 8.32. The molecule has 1 unspecified atom stereocenters. The Kier molecular flexibility index (Phi) is 7.66. The third-order valence-corrected chi connectivity index (χ3v) is 4.87. The highest BCUT2D eigenvalue weighted by atomic mass is 32.1. The minimum absolute atomic E-state index is 0.240. The van der Waals surface area contributed by atoms with Crippen LogP contribution in [0.15, 0.2) is 40.7 Å². The number of aryl methyl sites for hydroxylation is 1. The minimum atomic E-state index is -1.02. The SMILES string of the molecule is Cc1ccsc1C(CC(=O)O)NC(=O)CNC(=O)c1cccc(N=CNN)c1.